The van der Waals surface area contributed by atoms with E-state index in [1.165, 1.54) is 0 Å². The quantitative estimate of drug-likeness (QED) is 0.817. The van der Waals surface area contributed by atoms with Gasteiger partial charge in [0.15, 0.2) is 0 Å². The summed E-state index contributed by atoms with van der Waals surface area (Å²) in [5, 5.41) is 2.44. The molecule has 0 aromatic heterocycles. The Balaban J connectivity index is 2.47. The number of carbonyl (C=O) groups excluding carboxylic acids is 2. The number of primary amides is 1. The lowest BCUT2D eigenvalue weighted by Crippen LogP contribution is -2.55. The van der Waals surface area contributed by atoms with Crippen LogP contribution in [0.2, 0.25) is 0 Å². The minimum absolute atomic E-state index is 0.0411. The summed E-state index contributed by atoms with van der Waals surface area (Å²) in [6, 6.07) is 4.36. The molecule has 1 aliphatic heterocycles. The number of carbonyl (C=O) groups is 2. The van der Waals surface area contributed by atoms with Gasteiger partial charge in [0.2, 0.25) is 5.54 Å². The van der Waals surface area contributed by atoms with Crippen LogP contribution in [0.5, 0.6) is 5.75 Å². The van der Waals surface area contributed by atoms with Gasteiger partial charge in [-0.05, 0) is 19.1 Å². The van der Waals surface area contributed by atoms with E-state index in [0.29, 0.717) is 11.3 Å². The van der Waals surface area contributed by atoms with Crippen LogP contribution in [-0.4, -0.2) is 25.2 Å². The molecule has 2 amide bonds. The second kappa shape index (κ2) is 5.08. The van der Waals surface area contributed by atoms with Gasteiger partial charge in [0.1, 0.15) is 12.4 Å². The van der Waals surface area contributed by atoms with Gasteiger partial charge in [0, 0.05) is 10.0 Å². The monoisotopic (exact) mass is 328 g/mol. The molecule has 1 heterocycles. The van der Waals surface area contributed by atoms with Crippen LogP contribution in [0.15, 0.2) is 22.7 Å². The lowest BCUT2D eigenvalue weighted by atomic mass is 9.92. The first-order chi connectivity index (χ1) is 8.99. The highest BCUT2D eigenvalue weighted by molar-refractivity contribution is 9.10. The van der Waals surface area contributed by atoms with Gasteiger partial charge in [-0.25, -0.2) is 9.59 Å². The fourth-order valence-electron chi connectivity index (χ4n) is 2.02. The predicted octanol–water partition coefficient (Wildman–Crippen LogP) is 1.27. The van der Waals surface area contributed by atoms with Gasteiger partial charge in [0.25, 0.3) is 0 Å². The van der Waals surface area contributed by atoms with Crippen molar-refractivity contribution >= 4 is 27.9 Å². The first-order valence-electron chi connectivity index (χ1n) is 5.67. The summed E-state index contributed by atoms with van der Waals surface area (Å²) in [7, 11) is 0. The van der Waals surface area contributed by atoms with Crippen molar-refractivity contribution in [2.75, 3.05) is 13.2 Å². The Bertz CT molecular complexity index is 534. The molecule has 0 radical (unpaired) electrons. The van der Waals surface area contributed by atoms with E-state index in [-0.39, 0.29) is 13.2 Å². The molecule has 1 aliphatic rings. The van der Waals surface area contributed by atoms with Crippen LogP contribution in [0.3, 0.4) is 0 Å². The molecule has 7 heteroatoms. The third-order valence-corrected chi connectivity index (χ3v) is 3.30. The van der Waals surface area contributed by atoms with Gasteiger partial charge >= 0.3 is 12.0 Å². The Labute approximate surface area is 118 Å². The largest absolute Gasteiger partial charge is 0.490 e. The number of amides is 2. The molecule has 0 saturated carbocycles. The van der Waals surface area contributed by atoms with Gasteiger partial charge in [-0.2, -0.15) is 0 Å². The van der Waals surface area contributed by atoms with E-state index in [2.05, 4.69) is 21.2 Å². The summed E-state index contributed by atoms with van der Waals surface area (Å²) >= 11 is 3.31. The minimum atomic E-state index is -1.38. The van der Waals surface area contributed by atoms with Gasteiger partial charge in [-0.1, -0.05) is 22.0 Å². The zero-order chi connectivity index (χ0) is 14.0. The highest BCUT2D eigenvalue weighted by Crippen LogP contribution is 2.39. The molecule has 0 saturated heterocycles. The SMILES string of the molecule is CCOC(=O)C1(NC(N)=O)COc2cc(Br)ccc21. The zero-order valence-corrected chi connectivity index (χ0v) is 11.8. The van der Waals surface area contributed by atoms with Crippen LogP contribution in [0.4, 0.5) is 4.79 Å². The Morgan fingerprint density at radius 1 is 1.58 bits per heavy atom. The van der Waals surface area contributed by atoms with E-state index in [1.807, 2.05) is 0 Å². The van der Waals surface area contributed by atoms with Crippen LogP contribution in [0.25, 0.3) is 0 Å². The third kappa shape index (κ3) is 2.37. The molecule has 3 N–H and O–H groups in total. The van der Waals surface area contributed by atoms with E-state index in [1.54, 1.807) is 25.1 Å². The summed E-state index contributed by atoms with van der Waals surface area (Å²) in [6.07, 6.45) is 0. The number of urea groups is 1. The van der Waals surface area contributed by atoms with Crippen molar-refractivity contribution in [1.29, 1.82) is 0 Å². The Hall–Kier alpha value is -1.76. The van der Waals surface area contributed by atoms with Gasteiger partial charge in [-0.3, -0.25) is 0 Å². The second-order valence-electron chi connectivity index (χ2n) is 4.04. The normalized spacial score (nSPS) is 20.3. The van der Waals surface area contributed by atoms with Crippen LogP contribution in [0.1, 0.15) is 12.5 Å². The highest BCUT2D eigenvalue weighted by atomic mass is 79.9. The van der Waals surface area contributed by atoms with Crippen molar-refractivity contribution in [3.05, 3.63) is 28.2 Å². The molecule has 0 fully saturated rings. The van der Waals surface area contributed by atoms with Crippen LogP contribution in [-0.2, 0) is 15.1 Å². The molecule has 1 atom stereocenters. The number of nitrogens with two attached hydrogens (primary N) is 1. The first-order valence-corrected chi connectivity index (χ1v) is 6.46. The summed E-state index contributed by atoms with van der Waals surface area (Å²) < 4.78 is 11.3. The third-order valence-electron chi connectivity index (χ3n) is 2.81. The van der Waals surface area contributed by atoms with E-state index in [9.17, 15) is 9.59 Å². The lowest BCUT2D eigenvalue weighted by Gasteiger charge is -2.25. The first kappa shape index (κ1) is 13.7. The van der Waals surface area contributed by atoms with E-state index < -0.39 is 17.5 Å². The topological polar surface area (TPSA) is 90.6 Å². The van der Waals surface area contributed by atoms with Crippen molar-refractivity contribution in [2.45, 2.75) is 12.5 Å². The van der Waals surface area contributed by atoms with Gasteiger partial charge in [0.05, 0.1) is 6.61 Å². The molecule has 1 unspecified atom stereocenters. The summed E-state index contributed by atoms with van der Waals surface area (Å²) in [6.45, 7) is 1.85. The Morgan fingerprint density at radius 3 is 2.95 bits per heavy atom. The number of halogens is 1. The number of hydrogen-bond donors (Lipinski definition) is 2. The number of ether oxygens (including phenoxy) is 2. The van der Waals surface area contributed by atoms with E-state index >= 15 is 0 Å². The highest BCUT2D eigenvalue weighted by Gasteiger charge is 2.50. The van der Waals surface area contributed by atoms with Crippen LogP contribution < -0.4 is 15.8 Å². The zero-order valence-electron chi connectivity index (χ0n) is 10.2. The second-order valence-corrected chi connectivity index (χ2v) is 4.96. The Morgan fingerprint density at radius 2 is 2.32 bits per heavy atom. The van der Waals surface area contributed by atoms with Crippen LogP contribution >= 0.6 is 15.9 Å². The van der Waals surface area contributed by atoms with Crippen molar-refractivity contribution in [3.8, 4) is 5.75 Å². The number of rotatable bonds is 3. The maximum atomic E-state index is 12.2. The maximum absolute atomic E-state index is 12.2. The number of hydrogen-bond acceptors (Lipinski definition) is 4. The molecule has 6 nitrogen and oxygen atoms in total. The molecule has 0 bridgehead atoms. The fourth-order valence-corrected chi connectivity index (χ4v) is 2.36. The molecule has 1 aromatic carbocycles. The molecular weight excluding hydrogens is 316 g/mol. The number of nitrogens with one attached hydrogen (secondary N) is 1. The number of esters is 1. The molecule has 102 valence electrons. The lowest BCUT2D eigenvalue weighted by molar-refractivity contribution is -0.151. The van der Waals surface area contributed by atoms with E-state index in [0.717, 1.165) is 4.47 Å². The predicted molar refractivity (Wildman–Crippen MR) is 70.7 cm³/mol. The molecule has 0 aliphatic carbocycles. The van der Waals surface area contributed by atoms with Crippen molar-refractivity contribution in [2.24, 2.45) is 5.73 Å². The standard InChI is InChI=1S/C12H13BrN2O4/c1-2-18-10(16)12(15-11(14)17)6-19-9-5-7(13)3-4-8(9)12/h3-5H,2,6H2,1H3,(H3,14,15,17). The minimum Gasteiger partial charge on any atom is -0.490 e. The van der Waals surface area contributed by atoms with Gasteiger partial charge < -0.3 is 20.5 Å². The fraction of sp³-hybridized carbons (Fsp3) is 0.333. The smallest absolute Gasteiger partial charge is 0.340 e. The van der Waals surface area contributed by atoms with Crippen LogP contribution in [0, 0.1) is 0 Å². The van der Waals surface area contributed by atoms with Crippen molar-refractivity contribution < 1.29 is 19.1 Å². The summed E-state index contributed by atoms with van der Waals surface area (Å²) in [4.78, 5) is 23.4. The molecular formula is C12H13BrN2O4. The van der Waals surface area contributed by atoms with E-state index in [4.69, 9.17) is 15.2 Å². The molecule has 19 heavy (non-hydrogen) atoms. The van der Waals surface area contributed by atoms with Crippen molar-refractivity contribution in [3.63, 3.8) is 0 Å². The molecule has 0 spiro atoms. The molecule has 1 aromatic rings. The number of fused-ring (bicyclic) bond motifs is 1. The molecule has 2 rings (SSSR count). The van der Waals surface area contributed by atoms with Crippen molar-refractivity contribution in [1.82, 2.24) is 5.32 Å². The maximum Gasteiger partial charge on any atom is 0.340 e. The summed E-state index contributed by atoms with van der Waals surface area (Å²) in [5.74, 6) is -0.0777. The average Bonchev–Trinajstić information content (AvgIpc) is 2.68. The Kier molecular flexibility index (Phi) is 3.66. The summed E-state index contributed by atoms with van der Waals surface area (Å²) in [5.41, 5.74) is 4.31. The number of benzene rings is 1. The average molecular weight is 329 g/mol. The van der Waals surface area contributed by atoms with Gasteiger partial charge in [-0.15, -0.1) is 0 Å².